The number of benzene rings is 1. The number of rotatable bonds is 4. The number of anilines is 1. The second-order valence-electron chi connectivity index (χ2n) is 6.20. The van der Waals surface area contributed by atoms with Crippen LogP contribution in [0.5, 0.6) is 0 Å². The number of hydrogen-bond donors (Lipinski definition) is 1. The fourth-order valence-corrected chi connectivity index (χ4v) is 2.79. The Labute approximate surface area is 125 Å². The van der Waals surface area contributed by atoms with Gasteiger partial charge in [-0.05, 0) is 57.2 Å². The fourth-order valence-electron chi connectivity index (χ4n) is 2.79. The lowest BCUT2D eigenvalue weighted by atomic mass is 9.89. The monoisotopic (exact) mass is 292 g/mol. The van der Waals surface area contributed by atoms with Gasteiger partial charge in [0, 0.05) is 18.7 Å². The molecule has 0 spiro atoms. The molecule has 1 fully saturated rings. The second kappa shape index (κ2) is 6.02. The Morgan fingerprint density at radius 1 is 1.43 bits per heavy atom. The van der Waals surface area contributed by atoms with E-state index in [2.05, 4.69) is 19.2 Å². The standard InChI is InChI=1S/C16H24N2O3/c1-5-16(4)10-13(6-7-21-16)17-14-8-11(2)12(3)9-15(14)18(19)20/h8-9,13,17H,5-7,10H2,1-4H3. The molecule has 2 unspecified atom stereocenters. The van der Waals surface area contributed by atoms with Crippen LogP contribution in [0.2, 0.25) is 0 Å². The zero-order chi connectivity index (χ0) is 15.6. The highest BCUT2D eigenvalue weighted by molar-refractivity contribution is 5.65. The van der Waals surface area contributed by atoms with Gasteiger partial charge in [-0.1, -0.05) is 6.92 Å². The number of ether oxygens (including phenoxy) is 1. The van der Waals surface area contributed by atoms with Crippen molar-refractivity contribution in [1.29, 1.82) is 0 Å². The van der Waals surface area contributed by atoms with E-state index in [0.717, 1.165) is 30.4 Å². The average molecular weight is 292 g/mol. The summed E-state index contributed by atoms with van der Waals surface area (Å²) < 4.78 is 5.83. The summed E-state index contributed by atoms with van der Waals surface area (Å²) in [7, 11) is 0. The minimum Gasteiger partial charge on any atom is -0.377 e. The van der Waals surface area contributed by atoms with Crippen LogP contribution < -0.4 is 5.32 Å². The summed E-state index contributed by atoms with van der Waals surface area (Å²) >= 11 is 0. The number of hydrogen-bond acceptors (Lipinski definition) is 4. The van der Waals surface area contributed by atoms with E-state index in [4.69, 9.17) is 4.74 Å². The van der Waals surface area contributed by atoms with Crippen molar-refractivity contribution in [2.75, 3.05) is 11.9 Å². The van der Waals surface area contributed by atoms with Crippen molar-refractivity contribution in [2.24, 2.45) is 0 Å². The van der Waals surface area contributed by atoms with Crippen LogP contribution in [0.25, 0.3) is 0 Å². The fraction of sp³-hybridized carbons (Fsp3) is 0.625. The lowest BCUT2D eigenvalue weighted by Gasteiger charge is -2.38. The zero-order valence-corrected chi connectivity index (χ0v) is 13.2. The van der Waals surface area contributed by atoms with Crippen molar-refractivity contribution < 1.29 is 9.66 Å². The Balaban J connectivity index is 2.23. The second-order valence-corrected chi connectivity index (χ2v) is 6.20. The molecule has 0 radical (unpaired) electrons. The molecule has 1 aromatic rings. The van der Waals surface area contributed by atoms with E-state index >= 15 is 0 Å². The van der Waals surface area contributed by atoms with E-state index in [0.29, 0.717) is 12.3 Å². The molecule has 5 heteroatoms. The zero-order valence-electron chi connectivity index (χ0n) is 13.2. The summed E-state index contributed by atoms with van der Waals surface area (Å²) in [6.45, 7) is 8.79. The van der Waals surface area contributed by atoms with E-state index in [1.165, 1.54) is 0 Å². The minimum atomic E-state index is -0.312. The number of nitrogens with zero attached hydrogens (tertiary/aromatic N) is 1. The first-order valence-corrected chi connectivity index (χ1v) is 7.51. The summed E-state index contributed by atoms with van der Waals surface area (Å²) in [4.78, 5) is 10.9. The summed E-state index contributed by atoms with van der Waals surface area (Å²) in [6, 6.07) is 3.74. The van der Waals surface area contributed by atoms with Gasteiger partial charge in [-0.2, -0.15) is 0 Å². The molecule has 21 heavy (non-hydrogen) atoms. The summed E-state index contributed by atoms with van der Waals surface area (Å²) in [5.74, 6) is 0. The largest absolute Gasteiger partial charge is 0.377 e. The summed E-state index contributed by atoms with van der Waals surface area (Å²) in [5, 5.41) is 14.6. The topological polar surface area (TPSA) is 64.4 Å². The van der Waals surface area contributed by atoms with Crippen molar-refractivity contribution in [3.05, 3.63) is 33.4 Å². The Hall–Kier alpha value is -1.62. The van der Waals surface area contributed by atoms with Crippen LogP contribution in [-0.4, -0.2) is 23.2 Å². The van der Waals surface area contributed by atoms with Gasteiger partial charge in [0.15, 0.2) is 0 Å². The number of nitro groups is 1. The molecule has 0 bridgehead atoms. The van der Waals surface area contributed by atoms with Gasteiger partial charge >= 0.3 is 0 Å². The molecule has 0 amide bonds. The van der Waals surface area contributed by atoms with Gasteiger partial charge in [0.1, 0.15) is 5.69 Å². The molecule has 2 atom stereocenters. The van der Waals surface area contributed by atoms with E-state index in [1.54, 1.807) is 6.07 Å². The molecule has 0 aromatic heterocycles. The molecular weight excluding hydrogens is 268 g/mol. The molecule has 1 N–H and O–H groups in total. The van der Waals surface area contributed by atoms with Gasteiger partial charge < -0.3 is 10.1 Å². The maximum atomic E-state index is 11.3. The Kier molecular flexibility index (Phi) is 4.52. The number of nitro benzene ring substituents is 1. The summed E-state index contributed by atoms with van der Waals surface area (Å²) in [5.41, 5.74) is 2.65. The number of aryl methyl sites for hydroxylation is 2. The first kappa shape index (κ1) is 15.8. The lowest BCUT2D eigenvalue weighted by Crippen LogP contribution is -2.41. The van der Waals surface area contributed by atoms with Gasteiger partial charge in [-0.15, -0.1) is 0 Å². The molecule has 0 aliphatic carbocycles. The van der Waals surface area contributed by atoms with Crippen LogP contribution >= 0.6 is 0 Å². The smallest absolute Gasteiger partial charge is 0.292 e. The molecule has 1 aromatic carbocycles. The Morgan fingerprint density at radius 3 is 2.71 bits per heavy atom. The molecule has 1 aliphatic rings. The Morgan fingerprint density at radius 2 is 2.10 bits per heavy atom. The summed E-state index contributed by atoms with van der Waals surface area (Å²) in [6.07, 6.45) is 2.69. The molecule has 116 valence electrons. The van der Waals surface area contributed by atoms with E-state index in [-0.39, 0.29) is 22.3 Å². The highest BCUT2D eigenvalue weighted by atomic mass is 16.6. The third kappa shape index (κ3) is 3.53. The first-order chi connectivity index (χ1) is 9.84. The van der Waals surface area contributed by atoms with Crippen LogP contribution in [0.15, 0.2) is 12.1 Å². The van der Waals surface area contributed by atoms with Crippen LogP contribution in [0.1, 0.15) is 44.2 Å². The predicted molar refractivity (Wildman–Crippen MR) is 83.9 cm³/mol. The quantitative estimate of drug-likeness (QED) is 0.673. The molecule has 2 rings (SSSR count). The molecule has 5 nitrogen and oxygen atoms in total. The van der Waals surface area contributed by atoms with Gasteiger partial charge in [0.05, 0.1) is 10.5 Å². The normalized spacial score (nSPS) is 25.6. The molecule has 1 saturated heterocycles. The molecule has 0 saturated carbocycles. The van der Waals surface area contributed by atoms with Crippen LogP contribution in [0.3, 0.4) is 0 Å². The maximum absolute atomic E-state index is 11.3. The van der Waals surface area contributed by atoms with E-state index < -0.39 is 0 Å². The number of nitrogens with one attached hydrogen (secondary N) is 1. The Bertz CT molecular complexity index is 545. The van der Waals surface area contributed by atoms with E-state index in [9.17, 15) is 10.1 Å². The third-order valence-electron chi connectivity index (χ3n) is 4.51. The van der Waals surface area contributed by atoms with Gasteiger partial charge in [0.25, 0.3) is 5.69 Å². The minimum absolute atomic E-state index is 0.134. The molecular formula is C16H24N2O3. The SMILES string of the molecule is CCC1(C)CC(Nc2cc(C)c(C)cc2[N+](=O)[O-])CCO1. The van der Waals surface area contributed by atoms with Crippen molar-refractivity contribution >= 4 is 11.4 Å². The molecule has 1 aliphatic heterocycles. The van der Waals surface area contributed by atoms with Gasteiger partial charge in [0.2, 0.25) is 0 Å². The maximum Gasteiger partial charge on any atom is 0.292 e. The van der Waals surface area contributed by atoms with Crippen LogP contribution in [0.4, 0.5) is 11.4 Å². The highest BCUT2D eigenvalue weighted by Gasteiger charge is 2.32. The lowest BCUT2D eigenvalue weighted by molar-refractivity contribution is -0.384. The van der Waals surface area contributed by atoms with Crippen molar-refractivity contribution in [3.63, 3.8) is 0 Å². The van der Waals surface area contributed by atoms with Crippen molar-refractivity contribution in [1.82, 2.24) is 0 Å². The van der Waals surface area contributed by atoms with Gasteiger partial charge in [-0.25, -0.2) is 0 Å². The average Bonchev–Trinajstić information content (AvgIpc) is 2.42. The van der Waals surface area contributed by atoms with Crippen molar-refractivity contribution in [3.8, 4) is 0 Å². The highest BCUT2D eigenvalue weighted by Crippen LogP contribution is 2.33. The molecule has 1 heterocycles. The van der Waals surface area contributed by atoms with Crippen molar-refractivity contribution in [2.45, 2.75) is 58.6 Å². The van der Waals surface area contributed by atoms with Crippen LogP contribution in [-0.2, 0) is 4.74 Å². The van der Waals surface area contributed by atoms with E-state index in [1.807, 2.05) is 19.9 Å². The predicted octanol–water partition coefficient (Wildman–Crippen LogP) is 3.97. The van der Waals surface area contributed by atoms with Crippen LogP contribution in [0, 0.1) is 24.0 Å². The first-order valence-electron chi connectivity index (χ1n) is 7.51. The third-order valence-corrected chi connectivity index (χ3v) is 4.51. The van der Waals surface area contributed by atoms with Gasteiger partial charge in [-0.3, -0.25) is 10.1 Å².